The zero-order valence-electron chi connectivity index (χ0n) is 28.4. The largest absolute Gasteiger partial charge is 0.460 e. The number of nitrogens with zero attached hydrogens (tertiary/aromatic N) is 3. The van der Waals surface area contributed by atoms with E-state index in [9.17, 15) is 0 Å². The van der Waals surface area contributed by atoms with E-state index in [4.69, 9.17) is 14.7 Å². The van der Waals surface area contributed by atoms with Crippen molar-refractivity contribution < 1.29 is 4.74 Å². The highest BCUT2D eigenvalue weighted by atomic mass is 16.5. The summed E-state index contributed by atoms with van der Waals surface area (Å²) in [5.74, 6) is 2.61. The number of ether oxygens (including phenoxy) is 1. The van der Waals surface area contributed by atoms with E-state index in [-0.39, 0.29) is 5.92 Å². The lowest BCUT2D eigenvalue weighted by molar-refractivity contribution is 0.407. The molecule has 9 aromatic rings. The van der Waals surface area contributed by atoms with Gasteiger partial charge in [-0.2, -0.15) is 0 Å². The second kappa shape index (κ2) is 11.2. The maximum absolute atomic E-state index is 6.71. The Balaban J connectivity index is 1.10. The van der Waals surface area contributed by atoms with Gasteiger partial charge >= 0.3 is 0 Å². The molecular formula is C48H31N3O. The molecule has 0 amide bonds. The van der Waals surface area contributed by atoms with Crippen LogP contribution in [0.1, 0.15) is 18.4 Å². The summed E-state index contributed by atoms with van der Waals surface area (Å²) in [6, 6.07) is 45.6. The van der Waals surface area contributed by atoms with Gasteiger partial charge in [0, 0.05) is 50.5 Å². The maximum atomic E-state index is 6.71. The van der Waals surface area contributed by atoms with Crippen LogP contribution in [0.2, 0.25) is 0 Å². The molecule has 4 heteroatoms. The minimum absolute atomic E-state index is 0.236. The van der Waals surface area contributed by atoms with Crippen molar-refractivity contribution in [1.82, 2.24) is 15.0 Å². The van der Waals surface area contributed by atoms with Crippen LogP contribution in [0.5, 0.6) is 5.75 Å². The van der Waals surface area contributed by atoms with Gasteiger partial charge in [0.2, 0.25) is 0 Å². The molecule has 0 fully saturated rings. The van der Waals surface area contributed by atoms with Crippen LogP contribution >= 0.6 is 0 Å². The fourth-order valence-corrected chi connectivity index (χ4v) is 8.67. The molecule has 4 heterocycles. The highest BCUT2D eigenvalue weighted by Gasteiger charge is 2.36. The van der Waals surface area contributed by atoms with E-state index in [1.165, 1.54) is 27.5 Å². The van der Waals surface area contributed by atoms with Crippen LogP contribution in [-0.4, -0.2) is 15.0 Å². The summed E-state index contributed by atoms with van der Waals surface area (Å²) >= 11 is 0. The Bertz CT molecular complexity index is 3030. The average Bonchev–Trinajstić information content (AvgIpc) is 3.60. The number of pyridine rings is 3. The SMILES string of the molecule is CC1C=CC=C2Oc3c(ccc4c(-c5cccc(-c6ccc(-c7cc8cccnc8c8ncccc78)c7ccccc67)c5)nc5ccccc5c34)C21. The second-order valence-corrected chi connectivity index (χ2v) is 14.0. The number of hydrogen-bond acceptors (Lipinski definition) is 4. The molecule has 2 unspecified atom stereocenters. The Morgan fingerprint density at radius 1 is 0.577 bits per heavy atom. The van der Waals surface area contributed by atoms with E-state index in [1.807, 2.05) is 24.5 Å². The molecule has 4 nitrogen and oxygen atoms in total. The first-order chi connectivity index (χ1) is 25.7. The maximum Gasteiger partial charge on any atom is 0.139 e. The minimum atomic E-state index is 0.236. The Labute approximate surface area is 300 Å². The van der Waals surface area contributed by atoms with E-state index in [0.717, 1.165) is 77.4 Å². The Morgan fingerprint density at radius 3 is 2.23 bits per heavy atom. The van der Waals surface area contributed by atoms with Gasteiger partial charge in [-0.1, -0.05) is 116 Å². The number of fused-ring (bicyclic) bond motifs is 11. The summed E-state index contributed by atoms with van der Waals surface area (Å²) < 4.78 is 6.71. The average molecular weight is 666 g/mol. The molecule has 0 saturated carbocycles. The van der Waals surface area contributed by atoms with Crippen molar-refractivity contribution in [3.8, 4) is 39.3 Å². The normalized spacial score (nSPS) is 16.4. The smallest absolute Gasteiger partial charge is 0.139 e. The Hall–Kier alpha value is -6.65. The van der Waals surface area contributed by atoms with Crippen molar-refractivity contribution in [3.63, 3.8) is 0 Å². The molecule has 0 spiro atoms. The number of rotatable bonds is 3. The number of hydrogen-bond donors (Lipinski definition) is 0. The minimum Gasteiger partial charge on any atom is -0.460 e. The predicted octanol–water partition coefficient (Wildman–Crippen LogP) is 12.2. The molecule has 0 saturated heterocycles. The highest BCUT2D eigenvalue weighted by Crippen LogP contribution is 2.52. The molecule has 1 aliphatic heterocycles. The predicted molar refractivity (Wildman–Crippen MR) is 213 cm³/mol. The first-order valence-electron chi connectivity index (χ1n) is 17.9. The summed E-state index contributed by atoms with van der Waals surface area (Å²) in [5, 5.41) is 7.91. The third-order valence-electron chi connectivity index (χ3n) is 11.0. The topological polar surface area (TPSA) is 47.9 Å². The van der Waals surface area contributed by atoms with Gasteiger partial charge in [0.05, 0.1) is 28.2 Å². The standard InChI is InChI=1S/C48H31N3O/c1-28-10-6-19-42-43(28)39-23-22-38-44(48(39)52-42)37-16-4-5-18-41(37)51-45(38)30-12-7-11-29(26-30)32-20-21-35(34-15-3-2-14-33(32)34)40-27-31-13-8-24-49-46(31)47-36(40)17-9-25-50-47/h2-28,43H,1H3. The van der Waals surface area contributed by atoms with Gasteiger partial charge < -0.3 is 4.74 Å². The molecule has 11 rings (SSSR count). The summed E-state index contributed by atoms with van der Waals surface area (Å²) in [6.45, 7) is 2.27. The molecule has 52 heavy (non-hydrogen) atoms. The van der Waals surface area contributed by atoms with Crippen LogP contribution in [0, 0.1) is 5.92 Å². The molecule has 0 N–H and O–H groups in total. The van der Waals surface area contributed by atoms with Crippen LogP contribution in [-0.2, 0) is 0 Å². The number of aromatic nitrogens is 3. The fraction of sp³-hybridized carbons (Fsp3) is 0.0625. The van der Waals surface area contributed by atoms with Gasteiger partial charge in [0.25, 0.3) is 0 Å². The van der Waals surface area contributed by atoms with Crippen LogP contribution in [0.25, 0.3) is 87.8 Å². The molecular weight excluding hydrogens is 635 g/mol. The molecule has 0 bridgehead atoms. The molecule has 2 aliphatic rings. The van der Waals surface area contributed by atoms with Crippen molar-refractivity contribution >= 4 is 54.3 Å². The van der Waals surface area contributed by atoms with E-state index >= 15 is 0 Å². The molecule has 1 aliphatic carbocycles. The van der Waals surface area contributed by atoms with Gasteiger partial charge in [-0.15, -0.1) is 0 Å². The molecule has 3 aromatic heterocycles. The second-order valence-electron chi connectivity index (χ2n) is 14.0. The van der Waals surface area contributed by atoms with Crippen LogP contribution in [0.4, 0.5) is 0 Å². The van der Waals surface area contributed by atoms with Crippen molar-refractivity contribution in [2.24, 2.45) is 5.92 Å². The first kappa shape index (κ1) is 29.1. The lowest BCUT2D eigenvalue weighted by atomic mass is 9.83. The van der Waals surface area contributed by atoms with Crippen molar-refractivity contribution in [2.75, 3.05) is 0 Å². The van der Waals surface area contributed by atoms with Crippen molar-refractivity contribution in [1.29, 1.82) is 0 Å². The summed E-state index contributed by atoms with van der Waals surface area (Å²) in [6.07, 6.45) is 10.2. The molecule has 2 atom stereocenters. The van der Waals surface area contributed by atoms with Crippen LogP contribution in [0.3, 0.4) is 0 Å². The lowest BCUT2D eigenvalue weighted by Crippen LogP contribution is -2.10. The van der Waals surface area contributed by atoms with Gasteiger partial charge in [-0.05, 0) is 75.4 Å². The summed E-state index contributed by atoms with van der Waals surface area (Å²) in [7, 11) is 0. The van der Waals surface area contributed by atoms with Crippen molar-refractivity contribution in [3.05, 3.63) is 169 Å². The highest BCUT2D eigenvalue weighted by molar-refractivity contribution is 6.16. The van der Waals surface area contributed by atoms with Gasteiger partial charge in [-0.25, -0.2) is 4.98 Å². The van der Waals surface area contributed by atoms with E-state index < -0.39 is 0 Å². The zero-order valence-corrected chi connectivity index (χ0v) is 28.4. The van der Waals surface area contributed by atoms with Gasteiger partial charge in [0.1, 0.15) is 11.5 Å². The summed E-state index contributed by atoms with van der Waals surface area (Å²) in [5.41, 5.74) is 10.7. The van der Waals surface area contributed by atoms with Gasteiger partial charge in [-0.3, -0.25) is 9.97 Å². The van der Waals surface area contributed by atoms with E-state index in [1.54, 1.807) is 0 Å². The number of para-hydroxylation sites is 1. The number of allylic oxidation sites excluding steroid dienone is 4. The van der Waals surface area contributed by atoms with Crippen LogP contribution in [0.15, 0.2) is 164 Å². The lowest BCUT2D eigenvalue weighted by Gasteiger charge is -2.19. The molecule has 6 aromatic carbocycles. The molecule has 0 radical (unpaired) electrons. The Kier molecular flexibility index (Phi) is 6.26. The van der Waals surface area contributed by atoms with E-state index in [2.05, 4.69) is 145 Å². The number of benzene rings is 6. The first-order valence-corrected chi connectivity index (χ1v) is 17.9. The van der Waals surface area contributed by atoms with E-state index in [0.29, 0.717) is 5.92 Å². The molecule has 244 valence electrons. The zero-order chi connectivity index (χ0) is 34.3. The van der Waals surface area contributed by atoms with Crippen molar-refractivity contribution in [2.45, 2.75) is 12.8 Å². The van der Waals surface area contributed by atoms with Crippen LogP contribution < -0.4 is 4.74 Å². The third-order valence-corrected chi connectivity index (χ3v) is 11.0. The summed E-state index contributed by atoms with van der Waals surface area (Å²) in [4.78, 5) is 14.8. The fourth-order valence-electron chi connectivity index (χ4n) is 8.67. The monoisotopic (exact) mass is 665 g/mol. The Morgan fingerprint density at radius 2 is 1.33 bits per heavy atom. The van der Waals surface area contributed by atoms with Gasteiger partial charge in [0.15, 0.2) is 0 Å². The third kappa shape index (κ3) is 4.24. The quantitative estimate of drug-likeness (QED) is 0.176.